The molecule has 5 nitrogen and oxygen atoms in total. The monoisotopic (exact) mass is 226 g/mol. The van der Waals surface area contributed by atoms with Crippen LogP contribution in [0.3, 0.4) is 0 Å². The maximum atomic E-state index is 10.9. The molecule has 0 spiro atoms. The molecule has 2 aromatic heterocycles. The van der Waals surface area contributed by atoms with E-state index in [0.29, 0.717) is 0 Å². The minimum Gasteiger partial charge on any atom is -0.268 e. The molecule has 0 amide bonds. The molecule has 1 aromatic carbocycles. The van der Waals surface area contributed by atoms with Gasteiger partial charge in [0.25, 0.3) is 5.56 Å². The number of H-pyrrole nitrogens is 1. The van der Waals surface area contributed by atoms with Gasteiger partial charge in [-0.05, 0) is 18.2 Å². The molecule has 17 heavy (non-hydrogen) atoms. The summed E-state index contributed by atoms with van der Waals surface area (Å²) >= 11 is 0. The number of aromatic amines is 1. The maximum absolute atomic E-state index is 10.9. The Morgan fingerprint density at radius 2 is 2.12 bits per heavy atom. The molecule has 0 bridgehead atoms. The third-order valence-corrected chi connectivity index (χ3v) is 2.72. The predicted octanol–water partition coefficient (Wildman–Crippen LogP) is 1.32. The molecule has 2 heterocycles. The molecule has 0 aliphatic rings. The zero-order valence-corrected chi connectivity index (χ0v) is 9.21. The van der Waals surface area contributed by atoms with Gasteiger partial charge in [0.15, 0.2) is 0 Å². The normalized spacial score (nSPS) is 10.9. The van der Waals surface area contributed by atoms with E-state index >= 15 is 0 Å². The minimum absolute atomic E-state index is 0.198. The Morgan fingerprint density at radius 3 is 2.88 bits per heavy atom. The molecule has 0 unspecified atom stereocenters. The van der Waals surface area contributed by atoms with Crippen molar-refractivity contribution in [2.75, 3.05) is 0 Å². The highest BCUT2D eigenvalue weighted by Gasteiger charge is 2.03. The second-order valence-electron chi connectivity index (χ2n) is 3.85. The third-order valence-electron chi connectivity index (χ3n) is 2.72. The van der Waals surface area contributed by atoms with Crippen molar-refractivity contribution in [3.05, 3.63) is 46.9 Å². The van der Waals surface area contributed by atoms with Gasteiger partial charge < -0.3 is 0 Å². The van der Waals surface area contributed by atoms with Crippen molar-refractivity contribution in [1.82, 2.24) is 20.0 Å². The zero-order valence-electron chi connectivity index (χ0n) is 9.21. The van der Waals surface area contributed by atoms with E-state index in [9.17, 15) is 4.79 Å². The van der Waals surface area contributed by atoms with Crippen molar-refractivity contribution in [1.29, 1.82) is 0 Å². The number of hydrogen-bond acceptors (Lipinski definition) is 3. The van der Waals surface area contributed by atoms with Gasteiger partial charge in [0.2, 0.25) is 0 Å². The van der Waals surface area contributed by atoms with E-state index in [0.717, 1.165) is 22.2 Å². The average Bonchev–Trinajstić information content (AvgIpc) is 2.72. The van der Waals surface area contributed by atoms with Crippen molar-refractivity contribution in [3.8, 4) is 11.3 Å². The Morgan fingerprint density at radius 1 is 1.24 bits per heavy atom. The van der Waals surface area contributed by atoms with E-state index < -0.39 is 0 Å². The number of aryl methyl sites for hydroxylation is 1. The fourth-order valence-corrected chi connectivity index (χ4v) is 1.83. The Balaban J connectivity index is 2.17. The second kappa shape index (κ2) is 3.55. The Labute approximate surface area is 96.7 Å². The van der Waals surface area contributed by atoms with E-state index in [1.54, 1.807) is 6.07 Å². The second-order valence-corrected chi connectivity index (χ2v) is 3.85. The molecule has 0 saturated carbocycles. The van der Waals surface area contributed by atoms with Crippen LogP contribution in [-0.4, -0.2) is 20.0 Å². The summed E-state index contributed by atoms with van der Waals surface area (Å²) in [7, 11) is 1.90. The van der Waals surface area contributed by atoms with Gasteiger partial charge >= 0.3 is 0 Å². The number of aromatic nitrogens is 4. The first-order chi connectivity index (χ1) is 8.24. The first-order valence-corrected chi connectivity index (χ1v) is 5.22. The number of fused-ring (bicyclic) bond motifs is 1. The van der Waals surface area contributed by atoms with Crippen molar-refractivity contribution >= 4 is 10.9 Å². The van der Waals surface area contributed by atoms with Crippen LogP contribution in [0.25, 0.3) is 22.2 Å². The molecule has 0 atom stereocenters. The number of nitrogens with one attached hydrogen (secondary N) is 1. The van der Waals surface area contributed by atoms with E-state index in [1.165, 1.54) is 6.07 Å². The topological polar surface area (TPSA) is 63.6 Å². The lowest BCUT2D eigenvalue weighted by Gasteiger charge is -2.00. The van der Waals surface area contributed by atoms with Crippen LogP contribution in [0, 0.1) is 0 Å². The lowest BCUT2D eigenvalue weighted by Crippen LogP contribution is -2.05. The SMILES string of the molecule is Cn1ncc2cc(-c3ccc(=O)[nH]n3)ccc21. The van der Waals surface area contributed by atoms with Crippen LogP contribution in [0.5, 0.6) is 0 Å². The largest absolute Gasteiger partial charge is 0.268 e. The molecule has 0 aliphatic carbocycles. The van der Waals surface area contributed by atoms with Gasteiger partial charge in [-0.3, -0.25) is 9.48 Å². The number of rotatable bonds is 1. The van der Waals surface area contributed by atoms with Gasteiger partial charge in [-0.25, -0.2) is 5.10 Å². The van der Waals surface area contributed by atoms with Crippen LogP contribution in [0.4, 0.5) is 0 Å². The standard InChI is InChI=1S/C12H10N4O/c1-16-11-4-2-8(6-9(11)7-13-16)10-3-5-12(17)15-14-10/h2-7H,1H3,(H,15,17). The summed E-state index contributed by atoms with van der Waals surface area (Å²) in [5.41, 5.74) is 2.58. The average molecular weight is 226 g/mol. The van der Waals surface area contributed by atoms with Crippen LogP contribution in [0.15, 0.2) is 41.3 Å². The summed E-state index contributed by atoms with van der Waals surface area (Å²) in [5, 5.41) is 11.7. The molecule has 1 N–H and O–H groups in total. The maximum Gasteiger partial charge on any atom is 0.264 e. The molecule has 0 aliphatic heterocycles. The van der Waals surface area contributed by atoms with Crippen LogP contribution >= 0.6 is 0 Å². The van der Waals surface area contributed by atoms with Crippen molar-refractivity contribution in [3.63, 3.8) is 0 Å². The molecule has 3 rings (SSSR count). The highest BCUT2D eigenvalue weighted by atomic mass is 16.1. The molecule has 0 saturated heterocycles. The molecular weight excluding hydrogens is 216 g/mol. The lowest BCUT2D eigenvalue weighted by molar-refractivity contribution is 0.797. The Hall–Kier alpha value is -2.43. The summed E-state index contributed by atoms with van der Waals surface area (Å²) in [6.07, 6.45) is 1.81. The minimum atomic E-state index is -0.198. The molecule has 3 aromatic rings. The van der Waals surface area contributed by atoms with Gasteiger partial charge in [0.1, 0.15) is 0 Å². The summed E-state index contributed by atoms with van der Waals surface area (Å²) in [6.45, 7) is 0. The van der Waals surface area contributed by atoms with Gasteiger partial charge in [0, 0.05) is 24.1 Å². The molecule has 0 fully saturated rings. The van der Waals surface area contributed by atoms with Crippen molar-refractivity contribution < 1.29 is 0 Å². The van der Waals surface area contributed by atoms with Crippen molar-refractivity contribution in [2.45, 2.75) is 0 Å². The first-order valence-electron chi connectivity index (χ1n) is 5.22. The van der Waals surface area contributed by atoms with E-state index in [1.807, 2.05) is 36.1 Å². The quantitative estimate of drug-likeness (QED) is 0.680. The number of benzene rings is 1. The van der Waals surface area contributed by atoms with Gasteiger partial charge in [-0.2, -0.15) is 10.2 Å². The number of hydrogen-bond donors (Lipinski definition) is 1. The molecule has 0 radical (unpaired) electrons. The predicted molar refractivity (Wildman–Crippen MR) is 64.6 cm³/mol. The van der Waals surface area contributed by atoms with Crippen molar-refractivity contribution in [2.24, 2.45) is 7.05 Å². The van der Waals surface area contributed by atoms with E-state index in [4.69, 9.17) is 0 Å². The molecule has 5 heteroatoms. The van der Waals surface area contributed by atoms with Gasteiger partial charge in [-0.15, -0.1) is 0 Å². The van der Waals surface area contributed by atoms with Gasteiger partial charge in [-0.1, -0.05) is 6.07 Å². The summed E-state index contributed by atoms with van der Waals surface area (Å²) < 4.78 is 1.82. The first kappa shape index (κ1) is 9.77. The summed E-state index contributed by atoms with van der Waals surface area (Å²) in [6, 6.07) is 9.13. The van der Waals surface area contributed by atoms with Crippen LogP contribution < -0.4 is 5.56 Å². The molecular formula is C12H10N4O. The van der Waals surface area contributed by atoms with Crippen LogP contribution in [0.1, 0.15) is 0 Å². The third kappa shape index (κ3) is 1.61. The van der Waals surface area contributed by atoms with E-state index in [2.05, 4.69) is 15.3 Å². The lowest BCUT2D eigenvalue weighted by atomic mass is 10.1. The zero-order chi connectivity index (χ0) is 11.8. The molecule has 84 valence electrons. The van der Waals surface area contributed by atoms with Crippen LogP contribution in [0.2, 0.25) is 0 Å². The number of nitrogens with zero attached hydrogens (tertiary/aromatic N) is 3. The summed E-state index contributed by atoms with van der Waals surface area (Å²) in [4.78, 5) is 10.9. The van der Waals surface area contributed by atoms with Gasteiger partial charge in [0.05, 0.1) is 17.4 Å². The van der Waals surface area contributed by atoms with Crippen LogP contribution in [-0.2, 0) is 7.05 Å². The highest BCUT2D eigenvalue weighted by Crippen LogP contribution is 2.21. The highest BCUT2D eigenvalue weighted by molar-refractivity contribution is 5.83. The smallest absolute Gasteiger partial charge is 0.264 e. The Bertz CT molecular complexity index is 721. The fourth-order valence-electron chi connectivity index (χ4n) is 1.83. The summed E-state index contributed by atoms with van der Waals surface area (Å²) in [5.74, 6) is 0. The Kier molecular flexibility index (Phi) is 2.04. The van der Waals surface area contributed by atoms with E-state index in [-0.39, 0.29) is 5.56 Å². The fraction of sp³-hybridized carbons (Fsp3) is 0.0833.